The number of aryl methyl sites for hydroxylation is 1. The van der Waals surface area contributed by atoms with Crippen LogP contribution in [0.2, 0.25) is 0 Å². The first-order valence-corrected chi connectivity index (χ1v) is 10.8. The van der Waals surface area contributed by atoms with Gasteiger partial charge in [-0.3, -0.25) is 19.3 Å². The molecule has 0 unspecified atom stereocenters. The number of rotatable bonds is 4. The van der Waals surface area contributed by atoms with Crippen molar-refractivity contribution in [1.29, 1.82) is 0 Å². The van der Waals surface area contributed by atoms with Crippen LogP contribution in [0.15, 0.2) is 24.3 Å². The number of hydrogen-bond acceptors (Lipinski definition) is 5. The molecule has 2 aliphatic heterocycles. The lowest BCUT2D eigenvalue weighted by Crippen LogP contribution is -2.39. The highest BCUT2D eigenvalue weighted by Gasteiger charge is 2.37. The van der Waals surface area contributed by atoms with Gasteiger partial charge in [-0.05, 0) is 30.5 Å². The highest BCUT2D eigenvalue weighted by atomic mass is 32.1. The van der Waals surface area contributed by atoms with Crippen LogP contribution in [0.1, 0.15) is 36.7 Å². The second-order valence-corrected chi connectivity index (χ2v) is 8.76. The number of likely N-dealkylation sites (N-methyl/N-ethyl adjacent to an activating group) is 1. The fraction of sp³-hybridized carbons (Fsp3) is 0.409. The number of amides is 3. The van der Waals surface area contributed by atoms with Crippen molar-refractivity contribution in [3.63, 3.8) is 0 Å². The van der Waals surface area contributed by atoms with Gasteiger partial charge < -0.3 is 14.5 Å². The second kappa shape index (κ2) is 8.20. The first kappa shape index (κ1) is 20.6. The van der Waals surface area contributed by atoms with Gasteiger partial charge in [0.1, 0.15) is 11.5 Å². The molecule has 2 aromatic rings. The van der Waals surface area contributed by atoms with E-state index in [4.69, 9.17) is 4.74 Å². The molecule has 0 saturated carbocycles. The molecule has 1 aromatic heterocycles. The summed E-state index contributed by atoms with van der Waals surface area (Å²) in [6, 6.07) is 7.57. The predicted octanol–water partition coefficient (Wildman–Crippen LogP) is 2.32. The van der Waals surface area contributed by atoms with Gasteiger partial charge in [0.25, 0.3) is 11.8 Å². The van der Waals surface area contributed by atoms with E-state index in [2.05, 4.69) is 0 Å². The fourth-order valence-corrected chi connectivity index (χ4v) is 5.43. The summed E-state index contributed by atoms with van der Waals surface area (Å²) in [4.78, 5) is 44.8. The Morgan fingerprint density at radius 3 is 2.70 bits per heavy atom. The van der Waals surface area contributed by atoms with Gasteiger partial charge in [0, 0.05) is 31.1 Å². The van der Waals surface area contributed by atoms with Gasteiger partial charge >= 0.3 is 0 Å². The predicted molar refractivity (Wildman–Crippen MR) is 115 cm³/mol. The number of ether oxygens (including phenoxy) is 1. The molecule has 0 spiro atoms. The Labute approximate surface area is 179 Å². The Bertz CT molecular complexity index is 1020. The summed E-state index contributed by atoms with van der Waals surface area (Å²) in [5.74, 6) is -0.249. The van der Waals surface area contributed by atoms with Crippen molar-refractivity contribution in [2.45, 2.75) is 19.9 Å². The quantitative estimate of drug-likeness (QED) is 0.751. The molecule has 158 valence electrons. The number of benzene rings is 1. The molecular formula is C22H25N3O4S. The van der Waals surface area contributed by atoms with E-state index in [1.54, 1.807) is 19.1 Å². The van der Waals surface area contributed by atoms with Crippen LogP contribution in [0.3, 0.4) is 0 Å². The zero-order chi connectivity index (χ0) is 21.4. The Morgan fingerprint density at radius 2 is 1.97 bits per heavy atom. The molecule has 8 heteroatoms. The van der Waals surface area contributed by atoms with E-state index in [0.29, 0.717) is 48.8 Å². The molecule has 1 aromatic carbocycles. The van der Waals surface area contributed by atoms with Crippen LogP contribution >= 0.6 is 11.3 Å². The number of carbonyl (C=O) groups excluding carboxylic acids is 3. The van der Waals surface area contributed by atoms with Crippen molar-refractivity contribution in [1.82, 2.24) is 9.80 Å². The van der Waals surface area contributed by atoms with Gasteiger partial charge in [-0.25, -0.2) is 0 Å². The van der Waals surface area contributed by atoms with Gasteiger partial charge in [-0.15, -0.1) is 11.3 Å². The molecule has 4 rings (SSSR count). The number of hydrogen-bond donors (Lipinski definition) is 0. The zero-order valence-electron chi connectivity index (χ0n) is 17.4. The molecule has 0 bridgehead atoms. The van der Waals surface area contributed by atoms with E-state index in [0.717, 1.165) is 16.0 Å². The summed E-state index contributed by atoms with van der Waals surface area (Å²) < 4.78 is 5.17. The van der Waals surface area contributed by atoms with Crippen molar-refractivity contribution in [3.8, 4) is 0 Å². The molecule has 0 radical (unpaired) electrons. The largest absolute Gasteiger partial charge is 0.383 e. The van der Waals surface area contributed by atoms with Gasteiger partial charge in [0.05, 0.1) is 25.3 Å². The molecule has 0 fully saturated rings. The SMILES string of the molecule is COCCN1C(=O)CN(C)C(=O)c2c1sc1c2CCN(C(=O)c2ccccc2C)C1. The van der Waals surface area contributed by atoms with Crippen LogP contribution < -0.4 is 4.90 Å². The molecule has 0 saturated heterocycles. The average Bonchev–Trinajstić information content (AvgIpc) is 3.07. The second-order valence-electron chi connectivity index (χ2n) is 7.67. The van der Waals surface area contributed by atoms with Crippen molar-refractivity contribution in [2.75, 3.05) is 45.3 Å². The Morgan fingerprint density at radius 1 is 1.20 bits per heavy atom. The van der Waals surface area contributed by atoms with Gasteiger partial charge in [-0.1, -0.05) is 18.2 Å². The molecule has 3 amide bonds. The lowest BCUT2D eigenvalue weighted by molar-refractivity contribution is -0.119. The van der Waals surface area contributed by atoms with Crippen LogP contribution in [-0.4, -0.2) is 67.9 Å². The molecule has 2 aliphatic rings. The van der Waals surface area contributed by atoms with Crippen LogP contribution in [0.4, 0.5) is 5.00 Å². The lowest BCUT2D eigenvalue weighted by Gasteiger charge is -2.28. The Hall–Kier alpha value is -2.71. The molecule has 0 aliphatic carbocycles. The van der Waals surface area contributed by atoms with Gasteiger partial charge in [-0.2, -0.15) is 0 Å². The fourth-order valence-electron chi connectivity index (χ4n) is 4.03. The van der Waals surface area contributed by atoms with Crippen molar-refractivity contribution < 1.29 is 19.1 Å². The number of nitrogens with zero attached hydrogens (tertiary/aromatic N) is 3. The molecule has 0 N–H and O–H groups in total. The number of methoxy groups -OCH3 is 1. The molecular weight excluding hydrogens is 402 g/mol. The van der Waals surface area contributed by atoms with Crippen LogP contribution in [-0.2, 0) is 22.5 Å². The monoisotopic (exact) mass is 427 g/mol. The Balaban J connectivity index is 1.69. The molecule has 30 heavy (non-hydrogen) atoms. The maximum Gasteiger partial charge on any atom is 0.257 e. The summed E-state index contributed by atoms with van der Waals surface area (Å²) in [6.07, 6.45) is 0.602. The van der Waals surface area contributed by atoms with Crippen molar-refractivity contribution in [3.05, 3.63) is 51.4 Å². The van der Waals surface area contributed by atoms with Crippen molar-refractivity contribution in [2.24, 2.45) is 0 Å². The smallest absolute Gasteiger partial charge is 0.257 e. The molecule has 7 nitrogen and oxygen atoms in total. The van der Waals surface area contributed by atoms with E-state index in [-0.39, 0.29) is 24.3 Å². The van der Waals surface area contributed by atoms with E-state index < -0.39 is 0 Å². The molecule has 3 heterocycles. The summed E-state index contributed by atoms with van der Waals surface area (Å²) in [7, 11) is 3.25. The van der Waals surface area contributed by atoms with Crippen molar-refractivity contribution >= 4 is 34.1 Å². The lowest BCUT2D eigenvalue weighted by atomic mass is 10.0. The zero-order valence-corrected chi connectivity index (χ0v) is 18.3. The summed E-state index contributed by atoms with van der Waals surface area (Å²) >= 11 is 1.45. The topological polar surface area (TPSA) is 70.2 Å². The maximum absolute atomic E-state index is 13.1. The Kier molecular flexibility index (Phi) is 5.62. The van der Waals surface area contributed by atoms with E-state index in [1.807, 2.05) is 36.1 Å². The van der Waals surface area contributed by atoms with Crippen LogP contribution in [0, 0.1) is 6.92 Å². The van der Waals surface area contributed by atoms with Crippen LogP contribution in [0.25, 0.3) is 0 Å². The summed E-state index contributed by atoms with van der Waals surface area (Å²) in [5.41, 5.74) is 3.23. The van der Waals surface area contributed by atoms with Gasteiger partial charge in [0.15, 0.2) is 0 Å². The first-order chi connectivity index (χ1) is 14.4. The third kappa shape index (κ3) is 3.50. The highest BCUT2D eigenvalue weighted by Crippen LogP contribution is 2.41. The summed E-state index contributed by atoms with van der Waals surface area (Å²) in [6.45, 7) is 3.77. The number of carbonyl (C=O) groups is 3. The minimum Gasteiger partial charge on any atom is -0.383 e. The third-order valence-corrected chi connectivity index (χ3v) is 6.94. The number of thiophene rings is 1. The normalized spacial score (nSPS) is 16.4. The maximum atomic E-state index is 13.1. The van der Waals surface area contributed by atoms with E-state index >= 15 is 0 Å². The number of fused-ring (bicyclic) bond motifs is 3. The van der Waals surface area contributed by atoms with Gasteiger partial charge in [0.2, 0.25) is 5.91 Å². The highest BCUT2D eigenvalue weighted by molar-refractivity contribution is 7.17. The minimum absolute atomic E-state index is 0.00176. The number of anilines is 1. The van der Waals surface area contributed by atoms with E-state index in [9.17, 15) is 14.4 Å². The van der Waals surface area contributed by atoms with Crippen LogP contribution in [0.5, 0.6) is 0 Å². The average molecular weight is 428 g/mol. The minimum atomic E-state index is -0.130. The van der Waals surface area contributed by atoms with E-state index in [1.165, 1.54) is 16.2 Å². The first-order valence-electron chi connectivity index (χ1n) is 9.96. The third-order valence-electron chi connectivity index (χ3n) is 5.70. The molecule has 0 atom stereocenters. The standard InChI is InChI=1S/C22H25N3O4S/c1-14-6-4-5-7-15(14)20(27)24-9-8-16-17(12-24)30-22-19(16)21(28)23(2)13-18(26)25(22)10-11-29-3/h4-7H,8-13H2,1-3H3. The summed E-state index contributed by atoms with van der Waals surface area (Å²) in [5, 5.41) is 0.682.